The fraction of sp³-hybridized carbons (Fsp3) is 0.417. The van der Waals surface area contributed by atoms with Crippen molar-refractivity contribution in [3.8, 4) is 0 Å². The average molecular weight is 333 g/mol. The molecule has 0 saturated carbocycles. The van der Waals surface area contributed by atoms with Gasteiger partial charge in [-0.25, -0.2) is 0 Å². The lowest BCUT2D eigenvalue weighted by molar-refractivity contribution is 0.701. The molecule has 3 N–H and O–H groups in total. The van der Waals surface area contributed by atoms with Crippen molar-refractivity contribution in [3.05, 3.63) is 28.2 Å². The molecule has 0 saturated heterocycles. The second-order valence-corrected chi connectivity index (χ2v) is 6.17. The van der Waals surface area contributed by atoms with Crippen LogP contribution in [0.4, 0.5) is 5.69 Å². The Kier molecular flexibility index (Phi) is 6.30. The normalized spacial score (nSPS) is 12.2. The Hall–Kier alpha value is -0.260. The van der Waals surface area contributed by atoms with Crippen LogP contribution in [0, 0.1) is 5.92 Å². The lowest BCUT2D eigenvalue weighted by Crippen LogP contribution is -2.18. The van der Waals surface area contributed by atoms with E-state index >= 15 is 0 Å². The van der Waals surface area contributed by atoms with Crippen LogP contribution in [0.5, 0.6) is 0 Å². The smallest absolute Gasteiger partial charge is 0.107 e. The van der Waals surface area contributed by atoms with Gasteiger partial charge in [-0.05, 0) is 46.0 Å². The molecule has 0 aliphatic rings. The molecule has 0 aromatic heterocycles. The summed E-state index contributed by atoms with van der Waals surface area (Å²) < 4.78 is 0.938. The van der Waals surface area contributed by atoms with E-state index in [-0.39, 0.29) is 0 Å². The van der Waals surface area contributed by atoms with Gasteiger partial charge in [0.05, 0.1) is 0 Å². The number of hydrogen-bond donors (Lipinski definition) is 2. The molecule has 1 rings (SSSR count). The van der Waals surface area contributed by atoms with Gasteiger partial charge in [0.1, 0.15) is 4.99 Å². The van der Waals surface area contributed by atoms with Gasteiger partial charge < -0.3 is 11.1 Å². The predicted octanol–water partition coefficient (Wildman–Crippen LogP) is 3.49. The summed E-state index contributed by atoms with van der Waals surface area (Å²) in [7, 11) is 0. The Morgan fingerprint density at radius 2 is 2.29 bits per heavy atom. The van der Waals surface area contributed by atoms with Gasteiger partial charge in [-0.3, -0.25) is 0 Å². The second kappa shape index (κ2) is 7.24. The third-order valence-corrected chi connectivity index (χ3v) is 4.12. The van der Waals surface area contributed by atoms with E-state index in [9.17, 15) is 0 Å². The first-order valence-electron chi connectivity index (χ1n) is 5.37. The van der Waals surface area contributed by atoms with E-state index in [1.165, 1.54) is 0 Å². The van der Waals surface area contributed by atoms with Gasteiger partial charge in [0.15, 0.2) is 0 Å². The number of anilines is 1. The molecular formula is C12H17BrN2S2. The van der Waals surface area contributed by atoms with Crippen LogP contribution in [0.15, 0.2) is 22.7 Å². The predicted molar refractivity (Wildman–Crippen MR) is 86.1 cm³/mol. The maximum absolute atomic E-state index is 5.74. The number of hydrogen-bond acceptors (Lipinski definition) is 3. The summed E-state index contributed by atoms with van der Waals surface area (Å²) in [4.78, 5) is 0.414. The molecule has 2 nitrogen and oxygen atoms in total. The Labute approximate surface area is 121 Å². The van der Waals surface area contributed by atoms with Crippen molar-refractivity contribution in [1.29, 1.82) is 0 Å². The quantitative estimate of drug-likeness (QED) is 0.782. The third-order valence-electron chi connectivity index (χ3n) is 2.35. The Morgan fingerprint density at radius 1 is 1.59 bits per heavy atom. The van der Waals surface area contributed by atoms with E-state index in [4.69, 9.17) is 18.0 Å². The zero-order valence-electron chi connectivity index (χ0n) is 10.00. The maximum atomic E-state index is 5.74. The van der Waals surface area contributed by atoms with E-state index in [0.717, 1.165) is 28.0 Å². The molecule has 0 fully saturated rings. The van der Waals surface area contributed by atoms with Crippen molar-refractivity contribution in [2.24, 2.45) is 11.7 Å². The van der Waals surface area contributed by atoms with Crippen molar-refractivity contribution >= 4 is 50.6 Å². The molecule has 0 heterocycles. The molecule has 1 aromatic carbocycles. The number of thioether (sulfide) groups is 1. The van der Waals surface area contributed by atoms with Gasteiger partial charge in [0.25, 0.3) is 0 Å². The summed E-state index contributed by atoms with van der Waals surface area (Å²) in [5.41, 5.74) is 7.63. The van der Waals surface area contributed by atoms with Crippen molar-refractivity contribution in [3.63, 3.8) is 0 Å². The standard InChI is InChI=1S/C12H17BrN2S2/c1-8(7-17-2)6-15-10-5-3-4-9(13)11(10)12(14)16/h3-5,8,15H,6-7H2,1-2H3,(H2,14,16). The third kappa shape index (κ3) is 4.48. The minimum absolute atomic E-state index is 0.414. The molecule has 17 heavy (non-hydrogen) atoms. The molecule has 94 valence electrons. The van der Waals surface area contributed by atoms with Crippen molar-refractivity contribution in [1.82, 2.24) is 0 Å². The van der Waals surface area contributed by atoms with Gasteiger partial charge in [-0.15, -0.1) is 0 Å². The van der Waals surface area contributed by atoms with Crippen LogP contribution in [-0.4, -0.2) is 23.5 Å². The molecule has 5 heteroatoms. The fourth-order valence-electron chi connectivity index (χ4n) is 1.55. The van der Waals surface area contributed by atoms with Crippen LogP contribution in [-0.2, 0) is 0 Å². The minimum Gasteiger partial charge on any atom is -0.389 e. The van der Waals surface area contributed by atoms with E-state index in [0.29, 0.717) is 10.9 Å². The highest BCUT2D eigenvalue weighted by molar-refractivity contribution is 9.10. The van der Waals surface area contributed by atoms with Crippen LogP contribution in [0.2, 0.25) is 0 Å². The summed E-state index contributed by atoms with van der Waals surface area (Å²) in [6, 6.07) is 5.93. The molecule has 1 aromatic rings. The largest absolute Gasteiger partial charge is 0.389 e. The lowest BCUT2D eigenvalue weighted by atomic mass is 10.1. The van der Waals surface area contributed by atoms with E-state index < -0.39 is 0 Å². The number of nitrogens with one attached hydrogen (secondary N) is 1. The number of halogens is 1. The summed E-state index contributed by atoms with van der Waals surface area (Å²) in [5, 5.41) is 3.41. The molecule has 0 radical (unpaired) electrons. The molecule has 0 aliphatic carbocycles. The van der Waals surface area contributed by atoms with Gasteiger partial charge >= 0.3 is 0 Å². The first kappa shape index (κ1) is 14.8. The summed E-state index contributed by atoms with van der Waals surface area (Å²) in [6.07, 6.45) is 2.12. The highest BCUT2D eigenvalue weighted by Gasteiger charge is 2.10. The van der Waals surface area contributed by atoms with Crippen molar-refractivity contribution in [2.75, 3.05) is 23.9 Å². The topological polar surface area (TPSA) is 38.0 Å². The Bertz CT molecular complexity index is 396. The van der Waals surface area contributed by atoms with Gasteiger partial charge in [-0.1, -0.05) is 25.2 Å². The summed E-state index contributed by atoms with van der Waals surface area (Å²) >= 11 is 10.4. The molecule has 0 aliphatic heterocycles. The van der Waals surface area contributed by atoms with Gasteiger partial charge in [0, 0.05) is 22.3 Å². The zero-order valence-corrected chi connectivity index (χ0v) is 13.2. The minimum atomic E-state index is 0.414. The Balaban J connectivity index is 2.77. The average Bonchev–Trinajstić information content (AvgIpc) is 2.26. The van der Waals surface area contributed by atoms with E-state index in [1.54, 1.807) is 0 Å². The van der Waals surface area contributed by atoms with E-state index in [1.807, 2.05) is 30.0 Å². The molecule has 0 spiro atoms. The summed E-state index contributed by atoms with van der Waals surface area (Å²) in [5.74, 6) is 1.76. The number of rotatable bonds is 6. The maximum Gasteiger partial charge on any atom is 0.107 e. The van der Waals surface area contributed by atoms with E-state index in [2.05, 4.69) is 34.4 Å². The molecular weight excluding hydrogens is 316 g/mol. The molecule has 1 unspecified atom stereocenters. The van der Waals surface area contributed by atoms with Gasteiger partial charge in [-0.2, -0.15) is 11.8 Å². The van der Waals surface area contributed by atoms with Crippen molar-refractivity contribution in [2.45, 2.75) is 6.92 Å². The summed E-state index contributed by atoms with van der Waals surface area (Å²) in [6.45, 7) is 3.15. The number of nitrogens with two attached hydrogens (primary N) is 1. The monoisotopic (exact) mass is 332 g/mol. The zero-order chi connectivity index (χ0) is 12.8. The molecule has 0 amide bonds. The molecule has 0 bridgehead atoms. The number of thiocarbonyl (C=S) groups is 1. The second-order valence-electron chi connectivity index (χ2n) is 3.97. The highest BCUT2D eigenvalue weighted by atomic mass is 79.9. The van der Waals surface area contributed by atoms with Crippen LogP contribution in [0.1, 0.15) is 12.5 Å². The Morgan fingerprint density at radius 3 is 2.88 bits per heavy atom. The number of benzene rings is 1. The van der Waals surface area contributed by atoms with Crippen LogP contribution >= 0.6 is 39.9 Å². The van der Waals surface area contributed by atoms with Crippen LogP contribution in [0.25, 0.3) is 0 Å². The van der Waals surface area contributed by atoms with Crippen molar-refractivity contribution < 1.29 is 0 Å². The molecule has 1 atom stereocenters. The van der Waals surface area contributed by atoms with Gasteiger partial charge in [0.2, 0.25) is 0 Å². The van der Waals surface area contributed by atoms with Crippen LogP contribution < -0.4 is 11.1 Å². The van der Waals surface area contributed by atoms with Crippen LogP contribution in [0.3, 0.4) is 0 Å². The first-order chi connectivity index (χ1) is 8.06. The fourth-order valence-corrected chi connectivity index (χ4v) is 3.17. The lowest BCUT2D eigenvalue weighted by Gasteiger charge is -2.16. The highest BCUT2D eigenvalue weighted by Crippen LogP contribution is 2.25. The SMILES string of the molecule is CSCC(C)CNc1cccc(Br)c1C(N)=S. The first-order valence-corrected chi connectivity index (χ1v) is 7.97.